The first-order chi connectivity index (χ1) is 12.3. The van der Waals surface area contributed by atoms with Crippen LogP contribution in [0.15, 0.2) is 55.1 Å². The number of aromatic nitrogens is 5. The highest BCUT2D eigenvalue weighted by Gasteiger charge is 2.17. The van der Waals surface area contributed by atoms with Gasteiger partial charge in [0.1, 0.15) is 12.1 Å². The predicted molar refractivity (Wildman–Crippen MR) is 89.7 cm³/mol. The topological polar surface area (TPSA) is 94.8 Å². The summed E-state index contributed by atoms with van der Waals surface area (Å²) in [5.74, 6) is 0.676. The summed E-state index contributed by atoms with van der Waals surface area (Å²) in [6, 6.07) is 11.1. The maximum Gasteiger partial charge on any atom is 0.222 e. The van der Waals surface area contributed by atoms with Gasteiger partial charge < -0.3 is 10.1 Å². The van der Waals surface area contributed by atoms with E-state index >= 15 is 0 Å². The zero-order valence-electron chi connectivity index (χ0n) is 13.7. The van der Waals surface area contributed by atoms with Crippen molar-refractivity contribution in [1.82, 2.24) is 30.5 Å². The van der Waals surface area contributed by atoms with Crippen LogP contribution in [0.3, 0.4) is 0 Å². The van der Waals surface area contributed by atoms with E-state index in [0.717, 1.165) is 16.9 Å². The molecule has 0 aliphatic carbocycles. The van der Waals surface area contributed by atoms with E-state index in [0.29, 0.717) is 6.54 Å². The number of methoxy groups -OCH3 is 1. The Balaban J connectivity index is 1.75. The minimum absolute atomic E-state index is 0.0897. The number of rotatable bonds is 7. The smallest absolute Gasteiger partial charge is 0.222 e. The molecule has 1 aromatic carbocycles. The molecule has 0 aliphatic rings. The lowest BCUT2D eigenvalue weighted by atomic mass is 9.99. The quantitative estimate of drug-likeness (QED) is 0.699. The first-order valence-corrected chi connectivity index (χ1v) is 7.80. The second kappa shape index (κ2) is 8.00. The Labute approximate surface area is 144 Å². The highest BCUT2D eigenvalue weighted by atomic mass is 16.5. The third kappa shape index (κ3) is 4.37. The Morgan fingerprint density at radius 3 is 2.52 bits per heavy atom. The number of carbonyl (C=O) groups is 1. The first-order valence-electron chi connectivity index (χ1n) is 7.80. The minimum atomic E-state index is -0.268. The molecule has 25 heavy (non-hydrogen) atoms. The van der Waals surface area contributed by atoms with E-state index in [4.69, 9.17) is 4.74 Å². The molecule has 1 amide bonds. The van der Waals surface area contributed by atoms with Gasteiger partial charge in [-0.2, -0.15) is 0 Å². The summed E-state index contributed by atoms with van der Waals surface area (Å²) in [6.07, 6.45) is 5.18. The Kier molecular flexibility index (Phi) is 5.30. The highest BCUT2D eigenvalue weighted by molar-refractivity contribution is 5.76. The Morgan fingerprint density at radius 1 is 1.16 bits per heavy atom. The molecular weight excluding hydrogens is 320 g/mol. The molecule has 8 nitrogen and oxygen atoms in total. The van der Waals surface area contributed by atoms with Crippen LogP contribution < -0.4 is 10.1 Å². The largest absolute Gasteiger partial charge is 0.497 e. The average molecular weight is 338 g/mol. The van der Waals surface area contributed by atoms with Gasteiger partial charge in [0.05, 0.1) is 19.7 Å². The lowest BCUT2D eigenvalue weighted by Crippen LogP contribution is -2.30. The molecule has 0 saturated heterocycles. The van der Waals surface area contributed by atoms with Gasteiger partial charge in [0.2, 0.25) is 5.91 Å². The van der Waals surface area contributed by atoms with Gasteiger partial charge >= 0.3 is 0 Å². The molecule has 0 unspecified atom stereocenters. The molecule has 0 fully saturated rings. The number of pyridine rings is 1. The van der Waals surface area contributed by atoms with Crippen molar-refractivity contribution >= 4 is 5.91 Å². The summed E-state index contributed by atoms with van der Waals surface area (Å²) in [7, 11) is 1.62. The lowest BCUT2D eigenvalue weighted by Gasteiger charge is -2.20. The third-order valence-electron chi connectivity index (χ3n) is 3.75. The monoisotopic (exact) mass is 338 g/mol. The van der Waals surface area contributed by atoms with Gasteiger partial charge in [-0.25, -0.2) is 4.68 Å². The van der Waals surface area contributed by atoms with Crippen LogP contribution in [0, 0.1) is 0 Å². The Bertz CT molecular complexity index is 790. The maximum atomic E-state index is 12.4. The van der Waals surface area contributed by atoms with E-state index in [1.165, 1.54) is 11.0 Å². The van der Waals surface area contributed by atoms with E-state index in [1.807, 2.05) is 36.4 Å². The number of nitrogens with one attached hydrogen (secondary N) is 1. The number of tetrazole rings is 1. The zero-order valence-corrected chi connectivity index (χ0v) is 13.7. The van der Waals surface area contributed by atoms with Crippen molar-refractivity contribution in [2.24, 2.45) is 0 Å². The van der Waals surface area contributed by atoms with Crippen molar-refractivity contribution in [3.63, 3.8) is 0 Å². The normalized spacial score (nSPS) is 11.7. The molecule has 2 heterocycles. The van der Waals surface area contributed by atoms with Crippen LogP contribution in [0.4, 0.5) is 0 Å². The third-order valence-corrected chi connectivity index (χ3v) is 3.75. The number of aryl methyl sites for hydroxylation is 1. The molecule has 0 radical (unpaired) electrons. The molecule has 0 bridgehead atoms. The zero-order chi connectivity index (χ0) is 17.5. The highest BCUT2D eigenvalue weighted by Crippen LogP contribution is 2.24. The predicted octanol–water partition coefficient (Wildman–Crippen LogP) is 1.37. The summed E-state index contributed by atoms with van der Waals surface area (Å²) >= 11 is 0. The molecule has 3 rings (SSSR count). The molecule has 1 N–H and O–H groups in total. The van der Waals surface area contributed by atoms with Crippen molar-refractivity contribution in [3.8, 4) is 5.75 Å². The number of benzene rings is 1. The molecule has 0 spiro atoms. The summed E-state index contributed by atoms with van der Waals surface area (Å²) in [5, 5.41) is 13.9. The molecule has 0 aliphatic heterocycles. The molecule has 3 aromatic rings. The summed E-state index contributed by atoms with van der Waals surface area (Å²) in [5.41, 5.74) is 1.92. The summed E-state index contributed by atoms with van der Waals surface area (Å²) in [6.45, 7) is 0.421. The van der Waals surface area contributed by atoms with E-state index in [-0.39, 0.29) is 18.4 Å². The number of nitrogens with zero attached hydrogens (tertiary/aromatic N) is 5. The SMILES string of the molecule is COc1ccc([C@H](NC(=O)CCn2cnnn2)c2ccncc2)cc1. The number of carbonyl (C=O) groups excluding carboxylic acids is 1. The first kappa shape index (κ1) is 16.6. The van der Waals surface area contributed by atoms with Gasteiger partial charge in [-0.3, -0.25) is 9.78 Å². The fourth-order valence-corrected chi connectivity index (χ4v) is 2.44. The summed E-state index contributed by atoms with van der Waals surface area (Å²) < 4.78 is 6.72. The van der Waals surface area contributed by atoms with Gasteiger partial charge in [-0.1, -0.05) is 12.1 Å². The van der Waals surface area contributed by atoms with Gasteiger partial charge in [0.25, 0.3) is 0 Å². The molecule has 2 aromatic heterocycles. The molecule has 1 atom stereocenters. The van der Waals surface area contributed by atoms with Gasteiger partial charge in [-0.05, 0) is 45.8 Å². The van der Waals surface area contributed by atoms with Crippen molar-refractivity contribution in [3.05, 3.63) is 66.2 Å². The molecule has 8 heteroatoms. The number of hydrogen-bond donors (Lipinski definition) is 1. The van der Waals surface area contributed by atoms with Crippen LogP contribution in [-0.4, -0.2) is 38.2 Å². The fraction of sp³-hybridized carbons (Fsp3) is 0.235. The van der Waals surface area contributed by atoms with Crippen LogP contribution in [0.25, 0.3) is 0 Å². The molecule has 0 saturated carbocycles. The fourth-order valence-electron chi connectivity index (χ4n) is 2.44. The molecular formula is C17H18N6O2. The van der Waals surface area contributed by atoms with Gasteiger partial charge in [0.15, 0.2) is 0 Å². The standard InChI is InChI=1S/C17H18N6O2/c1-25-15-4-2-13(3-5-15)17(14-6-9-18-10-7-14)20-16(24)8-11-23-12-19-21-22-23/h2-7,9-10,12,17H,8,11H2,1H3,(H,20,24)/t17-/m0/s1. The maximum absolute atomic E-state index is 12.4. The summed E-state index contributed by atoms with van der Waals surface area (Å²) in [4.78, 5) is 16.4. The van der Waals surface area contributed by atoms with Crippen molar-refractivity contribution < 1.29 is 9.53 Å². The van der Waals surface area contributed by atoms with Crippen molar-refractivity contribution in [2.75, 3.05) is 7.11 Å². The number of hydrogen-bond acceptors (Lipinski definition) is 6. The van der Waals surface area contributed by atoms with E-state index in [9.17, 15) is 4.79 Å². The van der Waals surface area contributed by atoms with E-state index in [1.54, 1.807) is 19.5 Å². The Morgan fingerprint density at radius 2 is 1.88 bits per heavy atom. The molecule has 128 valence electrons. The lowest BCUT2D eigenvalue weighted by molar-refractivity contribution is -0.121. The van der Waals surface area contributed by atoms with Crippen LogP contribution >= 0.6 is 0 Å². The van der Waals surface area contributed by atoms with Gasteiger partial charge in [-0.15, -0.1) is 5.10 Å². The number of ether oxygens (including phenoxy) is 1. The van der Waals surface area contributed by atoms with Gasteiger partial charge in [0, 0.05) is 18.8 Å². The van der Waals surface area contributed by atoms with Crippen molar-refractivity contribution in [2.45, 2.75) is 19.0 Å². The van der Waals surface area contributed by atoms with E-state index < -0.39 is 0 Å². The van der Waals surface area contributed by atoms with Crippen LogP contribution in [0.1, 0.15) is 23.6 Å². The van der Waals surface area contributed by atoms with Crippen LogP contribution in [-0.2, 0) is 11.3 Å². The van der Waals surface area contributed by atoms with E-state index in [2.05, 4.69) is 25.8 Å². The second-order valence-electron chi connectivity index (χ2n) is 5.38. The van der Waals surface area contributed by atoms with Crippen LogP contribution in [0.5, 0.6) is 5.75 Å². The van der Waals surface area contributed by atoms with Crippen molar-refractivity contribution in [1.29, 1.82) is 0 Å². The van der Waals surface area contributed by atoms with Crippen LogP contribution in [0.2, 0.25) is 0 Å². The minimum Gasteiger partial charge on any atom is -0.497 e. The average Bonchev–Trinajstić information content (AvgIpc) is 3.19. The number of amides is 1. The second-order valence-corrected chi connectivity index (χ2v) is 5.38. The Hall–Kier alpha value is -3.29.